The lowest BCUT2D eigenvalue weighted by atomic mass is 10.1. The van der Waals surface area contributed by atoms with Crippen LogP contribution in [-0.2, 0) is 0 Å². The first kappa shape index (κ1) is 15.0. The SMILES string of the molecule is O=C(O)c1ccc2[nH]nc(-c3ncc(-c4ccc(F)c(F)c4)[nH]3)c2c1. The van der Waals surface area contributed by atoms with Crippen molar-refractivity contribution in [3.05, 3.63) is 59.8 Å². The summed E-state index contributed by atoms with van der Waals surface area (Å²) in [6.45, 7) is 0. The molecule has 2 aromatic carbocycles. The number of H-pyrrole nitrogens is 2. The van der Waals surface area contributed by atoms with Crippen molar-refractivity contribution < 1.29 is 18.7 Å². The van der Waals surface area contributed by atoms with Crippen LogP contribution >= 0.6 is 0 Å². The lowest BCUT2D eigenvalue weighted by molar-refractivity contribution is 0.0697. The molecule has 0 saturated carbocycles. The minimum atomic E-state index is -1.05. The quantitative estimate of drug-likeness (QED) is 0.531. The van der Waals surface area contributed by atoms with Crippen molar-refractivity contribution in [1.82, 2.24) is 20.2 Å². The van der Waals surface area contributed by atoms with E-state index in [0.29, 0.717) is 33.7 Å². The third-order valence-corrected chi connectivity index (χ3v) is 3.84. The van der Waals surface area contributed by atoms with Gasteiger partial charge in [-0.15, -0.1) is 0 Å². The molecule has 0 saturated heterocycles. The van der Waals surface area contributed by atoms with Gasteiger partial charge in [-0.25, -0.2) is 18.6 Å². The minimum absolute atomic E-state index is 0.127. The lowest BCUT2D eigenvalue weighted by Crippen LogP contribution is -1.95. The molecule has 2 heterocycles. The predicted molar refractivity (Wildman–Crippen MR) is 86.0 cm³/mol. The number of fused-ring (bicyclic) bond motifs is 1. The zero-order valence-corrected chi connectivity index (χ0v) is 12.5. The van der Waals surface area contributed by atoms with E-state index in [2.05, 4.69) is 20.2 Å². The predicted octanol–water partition coefficient (Wildman–Crippen LogP) is 3.60. The highest BCUT2D eigenvalue weighted by Crippen LogP contribution is 2.27. The third-order valence-electron chi connectivity index (χ3n) is 3.84. The number of hydrogen-bond donors (Lipinski definition) is 3. The Morgan fingerprint density at radius 1 is 1.08 bits per heavy atom. The molecule has 0 atom stereocenters. The first-order valence-electron chi connectivity index (χ1n) is 7.25. The number of imidazole rings is 1. The molecule has 0 amide bonds. The summed E-state index contributed by atoms with van der Waals surface area (Å²) in [5.74, 6) is -2.54. The third kappa shape index (κ3) is 2.53. The van der Waals surface area contributed by atoms with E-state index in [4.69, 9.17) is 5.11 Å². The summed E-state index contributed by atoms with van der Waals surface area (Å²) in [7, 11) is 0. The molecule has 0 aliphatic carbocycles. The van der Waals surface area contributed by atoms with Crippen LogP contribution in [0.5, 0.6) is 0 Å². The monoisotopic (exact) mass is 340 g/mol. The van der Waals surface area contributed by atoms with E-state index in [1.807, 2.05) is 0 Å². The Bertz CT molecular complexity index is 1120. The van der Waals surface area contributed by atoms with E-state index in [0.717, 1.165) is 12.1 Å². The fourth-order valence-electron chi connectivity index (χ4n) is 2.58. The number of aromatic amines is 2. The first-order valence-corrected chi connectivity index (χ1v) is 7.25. The van der Waals surface area contributed by atoms with Crippen LogP contribution in [0.2, 0.25) is 0 Å². The van der Waals surface area contributed by atoms with E-state index in [9.17, 15) is 13.6 Å². The second-order valence-electron chi connectivity index (χ2n) is 5.41. The summed E-state index contributed by atoms with van der Waals surface area (Å²) in [6.07, 6.45) is 1.48. The van der Waals surface area contributed by atoms with Gasteiger partial charge in [0, 0.05) is 10.9 Å². The Kier molecular flexibility index (Phi) is 3.31. The molecule has 4 aromatic rings. The normalized spacial score (nSPS) is 11.1. The summed E-state index contributed by atoms with van der Waals surface area (Å²) in [5.41, 5.74) is 2.14. The summed E-state index contributed by atoms with van der Waals surface area (Å²) in [6, 6.07) is 8.12. The Morgan fingerprint density at radius 2 is 1.92 bits per heavy atom. The molecule has 124 valence electrons. The van der Waals surface area contributed by atoms with Gasteiger partial charge in [-0.1, -0.05) is 0 Å². The number of carbonyl (C=O) groups is 1. The zero-order chi connectivity index (χ0) is 17.6. The van der Waals surface area contributed by atoms with Crippen LogP contribution in [0.3, 0.4) is 0 Å². The average molecular weight is 340 g/mol. The maximum Gasteiger partial charge on any atom is 0.335 e. The molecule has 3 N–H and O–H groups in total. The second kappa shape index (κ2) is 5.52. The number of halogens is 2. The van der Waals surface area contributed by atoms with E-state index in [-0.39, 0.29) is 5.56 Å². The number of benzene rings is 2. The summed E-state index contributed by atoms with van der Waals surface area (Å²) < 4.78 is 26.4. The Morgan fingerprint density at radius 3 is 2.68 bits per heavy atom. The zero-order valence-electron chi connectivity index (χ0n) is 12.5. The summed E-state index contributed by atoms with van der Waals surface area (Å²) in [4.78, 5) is 18.3. The van der Waals surface area contributed by atoms with Crippen molar-refractivity contribution in [2.75, 3.05) is 0 Å². The topological polar surface area (TPSA) is 94.7 Å². The van der Waals surface area contributed by atoms with Gasteiger partial charge in [0.15, 0.2) is 17.5 Å². The largest absolute Gasteiger partial charge is 0.478 e. The number of aromatic carboxylic acids is 1. The number of rotatable bonds is 3. The van der Waals surface area contributed by atoms with Gasteiger partial charge in [0.2, 0.25) is 0 Å². The van der Waals surface area contributed by atoms with Crippen molar-refractivity contribution in [3.8, 4) is 22.8 Å². The number of nitrogens with one attached hydrogen (secondary N) is 2. The fourth-order valence-corrected chi connectivity index (χ4v) is 2.58. The number of aromatic nitrogens is 4. The highest BCUT2D eigenvalue weighted by molar-refractivity contribution is 5.98. The maximum absolute atomic E-state index is 13.4. The van der Waals surface area contributed by atoms with Gasteiger partial charge < -0.3 is 10.1 Å². The number of hydrogen-bond acceptors (Lipinski definition) is 3. The molecule has 4 rings (SSSR count). The van der Waals surface area contributed by atoms with Gasteiger partial charge in [0.25, 0.3) is 0 Å². The fraction of sp³-hybridized carbons (Fsp3) is 0. The minimum Gasteiger partial charge on any atom is -0.478 e. The van der Waals surface area contributed by atoms with Crippen molar-refractivity contribution in [1.29, 1.82) is 0 Å². The van der Waals surface area contributed by atoms with Gasteiger partial charge in [-0.2, -0.15) is 5.10 Å². The molecule has 0 aliphatic heterocycles. The van der Waals surface area contributed by atoms with E-state index in [1.165, 1.54) is 24.4 Å². The molecule has 2 aromatic heterocycles. The second-order valence-corrected chi connectivity index (χ2v) is 5.41. The van der Waals surface area contributed by atoms with Crippen LogP contribution in [0.15, 0.2) is 42.6 Å². The van der Waals surface area contributed by atoms with Crippen molar-refractivity contribution in [2.45, 2.75) is 0 Å². The Balaban J connectivity index is 1.79. The highest BCUT2D eigenvalue weighted by atomic mass is 19.2. The molecule has 0 fully saturated rings. The molecular weight excluding hydrogens is 330 g/mol. The van der Waals surface area contributed by atoms with Gasteiger partial charge >= 0.3 is 5.97 Å². The van der Waals surface area contributed by atoms with Crippen LogP contribution in [0.25, 0.3) is 33.7 Å². The van der Waals surface area contributed by atoms with E-state index >= 15 is 0 Å². The van der Waals surface area contributed by atoms with Crippen molar-refractivity contribution in [3.63, 3.8) is 0 Å². The summed E-state index contributed by atoms with van der Waals surface area (Å²) in [5, 5.41) is 16.7. The van der Waals surface area contributed by atoms with Crippen LogP contribution < -0.4 is 0 Å². The van der Waals surface area contributed by atoms with Gasteiger partial charge in [-0.3, -0.25) is 5.10 Å². The maximum atomic E-state index is 13.4. The first-order chi connectivity index (χ1) is 12.0. The standard InChI is InChI=1S/C17H10F2N4O2/c18-11-3-1-8(6-12(11)19)14-7-20-16(21-14)15-10-5-9(17(24)25)2-4-13(10)22-23-15/h1-7H,(H,20,21)(H,22,23)(H,24,25). The molecular formula is C17H10F2N4O2. The number of carboxylic acid groups (broad SMARTS) is 1. The van der Waals surface area contributed by atoms with Crippen LogP contribution in [0.4, 0.5) is 8.78 Å². The van der Waals surface area contributed by atoms with Gasteiger partial charge in [-0.05, 0) is 36.4 Å². The molecule has 0 spiro atoms. The highest BCUT2D eigenvalue weighted by Gasteiger charge is 2.15. The van der Waals surface area contributed by atoms with Gasteiger partial charge in [0.05, 0.1) is 23.0 Å². The Labute approximate surface area is 139 Å². The molecule has 0 bridgehead atoms. The number of carboxylic acids is 1. The average Bonchev–Trinajstić information content (AvgIpc) is 3.23. The van der Waals surface area contributed by atoms with Crippen molar-refractivity contribution >= 4 is 16.9 Å². The van der Waals surface area contributed by atoms with E-state index < -0.39 is 17.6 Å². The van der Waals surface area contributed by atoms with Crippen LogP contribution in [0, 0.1) is 11.6 Å². The van der Waals surface area contributed by atoms with Gasteiger partial charge in [0.1, 0.15) is 5.69 Å². The molecule has 25 heavy (non-hydrogen) atoms. The molecule has 6 nitrogen and oxygen atoms in total. The van der Waals surface area contributed by atoms with Crippen LogP contribution in [0.1, 0.15) is 10.4 Å². The Hall–Kier alpha value is -3.55. The smallest absolute Gasteiger partial charge is 0.335 e. The lowest BCUT2D eigenvalue weighted by Gasteiger charge is -1.99. The summed E-state index contributed by atoms with van der Waals surface area (Å²) >= 11 is 0. The molecule has 0 radical (unpaired) electrons. The molecule has 0 unspecified atom stereocenters. The number of nitrogens with zero attached hydrogens (tertiary/aromatic N) is 2. The van der Waals surface area contributed by atoms with E-state index in [1.54, 1.807) is 6.07 Å². The molecule has 0 aliphatic rings. The molecule has 8 heteroatoms. The van der Waals surface area contributed by atoms with Crippen molar-refractivity contribution in [2.24, 2.45) is 0 Å². The van der Waals surface area contributed by atoms with Crippen LogP contribution in [-0.4, -0.2) is 31.2 Å².